The van der Waals surface area contributed by atoms with Gasteiger partial charge in [0.25, 0.3) is 0 Å². The Bertz CT molecular complexity index is 388. The molecule has 0 spiro atoms. The molecule has 1 saturated heterocycles. The van der Waals surface area contributed by atoms with Crippen LogP contribution in [0.5, 0.6) is 0 Å². The van der Waals surface area contributed by atoms with Gasteiger partial charge < -0.3 is 10.0 Å². The quantitative estimate of drug-likeness (QED) is 0.884. The average molecular weight is 326 g/mol. The third-order valence-electron chi connectivity index (χ3n) is 4.27. The monoisotopic (exact) mass is 325 g/mol. The number of benzene rings is 1. The zero-order chi connectivity index (χ0) is 13.7. The van der Waals surface area contributed by atoms with E-state index >= 15 is 0 Å². The molecule has 3 heteroatoms. The molecule has 1 aliphatic rings. The summed E-state index contributed by atoms with van der Waals surface area (Å²) in [6.07, 6.45) is 4.41. The van der Waals surface area contributed by atoms with E-state index in [1.807, 2.05) is 24.3 Å². The van der Waals surface area contributed by atoms with Crippen molar-refractivity contribution in [1.29, 1.82) is 0 Å². The highest BCUT2D eigenvalue weighted by Crippen LogP contribution is 2.26. The van der Waals surface area contributed by atoms with Crippen molar-refractivity contribution < 1.29 is 5.11 Å². The molecule has 1 fully saturated rings. The molecule has 1 atom stereocenters. The summed E-state index contributed by atoms with van der Waals surface area (Å²) < 4.78 is 1.01. The minimum absolute atomic E-state index is 0.362. The van der Waals surface area contributed by atoms with Crippen molar-refractivity contribution in [3.05, 3.63) is 34.3 Å². The van der Waals surface area contributed by atoms with Crippen LogP contribution in [0, 0.1) is 5.92 Å². The first kappa shape index (κ1) is 15.0. The predicted octanol–water partition coefficient (Wildman–Crippen LogP) is 3.99. The fraction of sp³-hybridized carbons (Fsp3) is 0.625. The maximum Gasteiger partial charge on any atom is 0.0813 e. The second-order valence-corrected chi connectivity index (χ2v) is 6.37. The first-order valence-corrected chi connectivity index (χ1v) is 8.14. The van der Waals surface area contributed by atoms with E-state index in [1.165, 1.54) is 32.4 Å². The molecule has 1 aromatic rings. The highest BCUT2D eigenvalue weighted by atomic mass is 79.9. The van der Waals surface area contributed by atoms with Gasteiger partial charge in [-0.3, -0.25) is 0 Å². The third kappa shape index (κ3) is 4.30. The molecule has 0 bridgehead atoms. The van der Waals surface area contributed by atoms with Gasteiger partial charge in [-0.1, -0.05) is 47.5 Å². The van der Waals surface area contributed by atoms with Crippen molar-refractivity contribution in [2.45, 2.75) is 38.7 Å². The van der Waals surface area contributed by atoms with Gasteiger partial charge in [0.2, 0.25) is 0 Å². The molecular formula is C16H24BrNO. The Balaban J connectivity index is 1.78. The number of piperidine rings is 1. The number of halogens is 1. The van der Waals surface area contributed by atoms with Crippen LogP contribution in [-0.2, 0) is 0 Å². The van der Waals surface area contributed by atoms with Gasteiger partial charge in [0.05, 0.1) is 6.10 Å². The topological polar surface area (TPSA) is 23.5 Å². The van der Waals surface area contributed by atoms with E-state index in [4.69, 9.17) is 0 Å². The van der Waals surface area contributed by atoms with Crippen LogP contribution in [0.2, 0.25) is 0 Å². The number of hydrogen-bond acceptors (Lipinski definition) is 2. The first-order chi connectivity index (χ1) is 9.20. The van der Waals surface area contributed by atoms with E-state index in [1.54, 1.807) is 0 Å². The molecule has 0 aromatic heterocycles. The van der Waals surface area contributed by atoms with Gasteiger partial charge in [0.1, 0.15) is 0 Å². The minimum atomic E-state index is -0.362. The van der Waals surface area contributed by atoms with Crippen LogP contribution in [0.15, 0.2) is 28.7 Å². The molecule has 0 amide bonds. The molecule has 1 heterocycles. The first-order valence-electron chi connectivity index (χ1n) is 7.35. The van der Waals surface area contributed by atoms with E-state index < -0.39 is 0 Å². The number of hydrogen-bond donors (Lipinski definition) is 1. The summed E-state index contributed by atoms with van der Waals surface area (Å²) in [5, 5.41) is 10.3. The maximum atomic E-state index is 10.3. The normalized spacial score (nSPS) is 19.5. The lowest BCUT2D eigenvalue weighted by molar-refractivity contribution is 0.122. The summed E-state index contributed by atoms with van der Waals surface area (Å²) in [4.78, 5) is 2.49. The van der Waals surface area contributed by atoms with Crippen molar-refractivity contribution in [2.75, 3.05) is 19.6 Å². The van der Waals surface area contributed by atoms with Crippen molar-refractivity contribution in [2.24, 2.45) is 5.92 Å². The van der Waals surface area contributed by atoms with Crippen LogP contribution in [0.4, 0.5) is 0 Å². The summed E-state index contributed by atoms with van der Waals surface area (Å²) in [5.41, 5.74) is 1.01. The van der Waals surface area contributed by atoms with Crippen molar-refractivity contribution >= 4 is 15.9 Å². The number of aliphatic hydroxyl groups is 1. The molecule has 19 heavy (non-hydrogen) atoms. The highest BCUT2D eigenvalue weighted by molar-refractivity contribution is 9.10. The van der Waals surface area contributed by atoms with Crippen LogP contribution in [0.25, 0.3) is 0 Å². The second kappa shape index (κ2) is 7.41. The molecule has 1 N–H and O–H groups in total. The van der Waals surface area contributed by atoms with Crippen LogP contribution in [0.1, 0.15) is 44.3 Å². The van der Waals surface area contributed by atoms with Gasteiger partial charge >= 0.3 is 0 Å². The van der Waals surface area contributed by atoms with Gasteiger partial charge in [0, 0.05) is 11.0 Å². The van der Waals surface area contributed by atoms with E-state index in [2.05, 4.69) is 27.8 Å². The van der Waals surface area contributed by atoms with Crippen LogP contribution >= 0.6 is 15.9 Å². The fourth-order valence-electron chi connectivity index (χ4n) is 2.82. The Morgan fingerprint density at radius 2 is 2.00 bits per heavy atom. The van der Waals surface area contributed by atoms with E-state index in [9.17, 15) is 5.11 Å². The summed E-state index contributed by atoms with van der Waals surface area (Å²) >= 11 is 3.51. The Morgan fingerprint density at radius 3 is 2.63 bits per heavy atom. The summed E-state index contributed by atoms with van der Waals surface area (Å²) in [6.45, 7) is 5.68. The van der Waals surface area contributed by atoms with Crippen molar-refractivity contribution in [3.8, 4) is 0 Å². The zero-order valence-corrected chi connectivity index (χ0v) is 13.3. The summed E-state index contributed by atoms with van der Waals surface area (Å²) in [5.74, 6) is 0.921. The molecule has 1 aliphatic heterocycles. The minimum Gasteiger partial charge on any atom is -0.388 e. The largest absolute Gasteiger partial charge is 0.388 e. The second-order valence-electron chi connectivity index (χ2n) is 5.52. The number of rotatable bonds is 5. The zero-order valence-electron chi connectivity index (χ0n) is 11.7. The fourth-order valence-corrected chi connectivity index (χ4v) is 3.37. The molecule has 0 radical (unpaired) electrons. The molecule has 2 rings (SSSR count). The number of nitrogens with zero attached hydrogens (tertiary/aromatic N) is 1. The SMILES string of the molecule is CCC1CCN(CCC(O)c2ccccc2Br)CC1. The predicted molar refractivity (Wildman–Crippen MR) is 83.2 cm³/mol. The summed E-state index contributed by atoms with van der Waals surface area (Å²) in [7, 11) is 0. The van der Waals surface area contributed by atoms with Gasteiger partial charge in [-0.05, 0) is 49.9 Å². The lowest BCUT2D eigenvalue weighted by Crippen LogP contribution is -2.34. The lowest BCUT2D eigenvalue weighted by Gasteiger charge is -2.32. The van der Waals surface area contributed by atoms with E-state index in [-0.39, 0.29) is 6.10 Å². The Labute approximate surface area is 124 Å². The van der Waals surface area contributed by atoms with Crippen molar-refractivity contribution in [1.82, 2.24) is 4.90 Å². The standard InChI is InChI=1S/C16H24BrNO/c1-2-13-7-10-18(11-8-13)12-9-16(19)14-5-3-4-6-15(14)17/h3-6,13,16,19H,2,7-12H2,1H3. The van der Waals surface area contributed by atoms with Crippen LogP contribution in [0.3, 0.4) is 0 Å². The summed E-state index contributed by atoms with van der Waals surface area (Å²) in [6, 6.07) is 7.95. The van der Waals surface area contributed by atoms with Gasteiger partial charge in [-0.25, -0.2) is 0 Å². The Hall–Kier alpha value is -0.380. The average Bonchev–Trinajstić information content (AvgIpc) is 2.46. The molecule has 106 valence electrons. The van der Waals surface area contributed by atoms with E-state index in [0.29, 0.717) is 0 Å². The molecule has 1 aromatic carbocycles. The van der Waals surface area contributed by atoms with Gasteiger partial charge in [-0.15, -0.1) is 0 Å². The molecule has 1 unspecified atom stereocenters. The van der Waals surface area contributed by atoms with Crippen LogP contribution < -0.4 is 0 Å². The van der Waals surface area contributed by atoms with Crippen molar-refractivity contribution in [3.63, 3.8) is 0 Å². The highest BCUT2D eigenvalue weighted by Gasteiger charge is 2.19. The molecule has 0 saturated carbocycles. The van der Waals surface area contributed by atoms with Gasteiger partial charge in [-0.2, -0.15) is 0 Å². The Kier molecular flexibility index (Phi) is 5.86. The lowest BCUT2D eigenvalue weighted by atomic mass is 9.94. The maximum absolute atomic E-state index is 10.3. The Morgan fingerprint density at radius 1 is 1.32 bits per heavy atom. The van der Waals surface area contributed by atoms with Gasteiger partial charge in [0.15, 0.2) is 0 Å². The number of likely N-dealkylation sites (tertiary alicyclic amines) is 1. The smallest absolute Gasteiger partial charge is 0.0813 e. The molecule has 2 nitrogen and oxygen atoms in total. The molecular weight excluding hydrogens is 302 g/mol. The number of aliphatic hydroxyl groups excluding tert-OH is 1. The third-order valence-corrected chi connectivity index (χ3v) is 4.99. The van der Waals surface area contributed by atoms with Crippen LogP contribution in [-0.4, -0.2) is 29.6 Å². The molecule has 0 aliphatic carbocycles. The van der Waals surface area contributed by atoms with E-state index in [0.717, 1.165) is 28.9 Å².